The minimum atomic E-state index is -0.552. The van der Waals surface area contributed by atoms with E-state index in [1.165, 1.54) is 23.2 Å². The number of nitrogens with zero attached hydrogens (tertiary/aromatic N) is 1. The molecule has 2 N–H and O–H groups in total. The Morgan fingerprint density at radius 2 is 2.04 bits per heavy atom. The van der Waals surface area contributed by atoms with Crippen molar-refractivity contribution in [2.24, 2.45) is 5.92 Å². The van der Waals surface area contributed by atoms with Crippen molar-refractivity contribution < 1.29 is 14.0 Å². The third-order valence-electron chi connectivity index (χ3n) is 3.71. The molecular formula is C17H15ClFN3O2. The quantitative estimate of drug-likeness (QED) is 0.893. The Hall–Kier alpha value is -2.44. The summed E-state index contributed by atoms with van der Waals surface area (Å²) in [4.78, 5) is 24.5. The molecule has 24 heavy (non-hydrogen) atoms. The predicted octanol–water partition coefficient (Wildman–Crippen LogP) is 2.98. The van der Waals surface area contributed by atoms with Gasteiger partial charge in [0.2, 0.25) is 11.8 Å². The first-order valence-electron chi connectivity index (χ1n) is 7.42. The van der Waals surface area contributed by atoms with Gasteiger partial charge in [-0.3, -0.25) is 9.59 Å². The average molecular weight is 348 g/mol. The smallest absolute Gasteiger partial charge is 0.246 e. The summed E-state index contributed by atoms with van der Waals surface area (Å²) in [6.45, 7) is 0.380. The Labute approximate surface area is 143 Å². The van der Waals surface area contributed by atoms with Gasteiger partial charge in [-0.05, 0) is 30.3 Å². The van der Waals surface area contributed by atoms with E-state index in [9.17, 15) is 14.0 Å². The maximum Gasteiger partial charge on any atom is 0.246 e. The van der Waals surface area contributed by atoms with E-state index in [4.69, 9.17) is 11.6 Å². The van der Waals surface area contributed by atoms with Crippen LogP contribution in [0.4, 0.5) is 15.8 Å². The molecule has 0 aromatic heterocycles. The highest BCUT2D eigenvalue weighted by Gasteiger charge is 2.33. The van der Waals surface area contributed by atoms with Crippen molar-refractivity contribution in [3.05, 3.63) is 59.4 Å². The van der Waals surface area contributed by atoms with E-state index >= 15 is 0 Å². The highest BCUT2D eigenvalue weighted by Crippen LogP contribution is 2.22. The van der Waals surface area contributed by atoms with Crippen LogP contribution in [0.1, 0.15) is 6.42 Å². The van der Waals surface area contributed by atoms with Crippen LogP contribution in [-0.2, 0) is 9.59 Å². The standard InChI is InChI=1S/C17H15ClFN3O2/c18-14-9-12(6-7-15(14)19)21-16(23)8-11-10-20-22(17(11)24)13-4-2-1-3-5-13/h1-7,9,11,20H,8,10H2,(H,21,23). The second-order valence-corrected chi connectivity index (χ2v) is 5.86. The summed E-state index contributed by atoms with van der Waals surface area (Å²) >= 11 is 5.68. The molecular weight excluding hydrogens is 333 g/mol. The van der Waals surface area contributed by atoms with E-state index in [-0.39, 0.29) is 23.3 Å². The lowest BCUT2D eigenvalue weighted by molar-refractivity contribution is -0.124. The number of hydrazine groups is 1. The van der Waals surface area contributed by atoms with Crippen LogP contribution in [0.15, 0.2) is 48.5 Å². The van der Waals surface area contributed by atoms with Gasteiger partial charge < -0.3 is 5.32 Å². The molecule has 0 bridgehead atoms. The molecule has 2 amide bonds. The molecule has 2 aromatic carbocycles. The third-order valence-corrected chi connectivity index (χ3v) is 4.00. The average Bonchev–Trinajstić information content (AvgIpc) is 2.92. The fraction of sp³-hybridized carbons (Fsp3) is 0.176. The zero-order chi connectivity index (χ0) is 17.1. The normalized spacial score (nSPS) is 17.2. The monoisotopic (exact) mass is 347 g/mol. The van der Waals surface area contributed by atoms with E-state index in [2.05, 4.69) is 10.7 Å². The molecule has 1 atom stereocenters. The topological polar surface area (TPSA) is 61.4 Å². The van der Waals surface area contributed by atoms with E-state index in [0.717, 1.165) is 5.69 Å². The van der Waals surface area contributed by atoms with Crippen LogP contribution in [0.25, 0.3) is 0 Å². The number of anilines is 2. The maximum atomic E-state index is 13.1. The van der Waals surface area contributed by atoms with E-state index in [1.54, 1.807) is 0 Å². The number of carbonyl (C=O) groups excluding carboxylic acids is 2. The number of carbonyl (C=O) groups is 2. The van der Waals surface area contributed by atoms with E-state index < -0.39 is 11.7 Å². The van der Waals surface area contributed by atoms with Crippen molar-refractivity contribution in [3.8, 4) is 0 Å². The number of rotatable bonds is 4. The third kappa shape index (κ3) is 3.55. The van der Waals surface area contributed by atoms with Crippen LogP contribution in [0.5, 0.6) is 0 Å². The van der Waals surface area contributed by atoms with Crippen LogP contribution in [0, 0.1) is 11.7 Å². The van der Waals surface area contributed by atoms with Gasteiger partial charge in [0.25, 0.3) is 0 Å². The molecule has 0 spiro atoms. The minimum absolute atomic E-state index is 0.0319. The van der Waals surface area contributed by atoms with Gasteiger partial charge in [-0.2, -0.15) is 0 Å². The fourth-order valence-corrected chi connectivity index (χ4v) is 2.69. The van der Waals surface area contributed by atoms with Crippen LogP contribution in [0.2, 0.25) is 5.02 Å². The molecule has 1 saturated heterocycles. The molecule has 2 aromatic rings. The van der Waals surface area contributed by atoms with Crippen molar-refractivity contribution in [3.63, 3.8) is 0 Å². The fourth-order valence-electron chi connectivity index (χ4n) is 2.51. The SMILES string of the molecule is O=C(CC1CNN(c2ccccc2)C1=O)Nc1ccc(F)c(Cl)c1. The van der Waals surface area contributed by atoms with Gasteiger partial charge in [0.1, 0.15) is 5.82 Å². The maximum absolute atomic E-state index is 13.1. The first-order chi connectivity index (χ1) is 11.5. The molecule has 1 fully saturated rings. The van der Waals surface area contributed by atoms with Gasteiger partial charge >= 0.3 is 0 Å². The number of halogens is 2. The zero-order valence-corrected chi connectivity index (χ0v) is 13.4. The summed E-state index contributed by atoms with van der Waals surface area (Å²) in [6.07, 6.45) is 0.0319. The summed E-state index contributed by atoms with van der Waals surface area (Å²) in [5, 5.41) is 4.01. The molecule has 3 rings (SSSR count). The molecule has 1 unspecified atom stereocenters. The first-order valence-corrected chi connectivity index (χ1v) is 7.80. The van der Waals surface area contributed by atoms with Crippen LogP contribution in [0.3, 0.4) is 0 Å². The summed E-state index contributed by atoms with van der Waals surface area (Å²) in [6, 6.07) is 13.1. The van der Waals surface area contributed by atoms with E-state index in [0.29, 0.717) is 12.2 Å². The van der Waals surface area contributed by atoms with Gasteiger partial charge in [-0.25, -0.2) is 14.8 Å². The minimum Gasteiger partial charge on any atom is -0.326 e. The molecule has 7 heteroatoms. The van der Waals surface area contributed by atoms with Crippen LogP contribution >= 0.6 is 11.6 Å². The van der Waals surface area contributed by atoms with Crippen molar-refractivity contribution >= 4 is 34.8 Å². The number of amides is 2. The van der Waals surface area contributed by atoms with Gasteiger partial charge in [-0.1, -0.05) is 29.8 Å². The summed E-state index contributed by atoms with van der Waals surface area (Å²) in [7, 11) is 0. The number of nitrogens with one attached hydrogen (secondary N) is 2. The lowest BCUT2D eigenvalue weighted by Gasteiger charge is -2.16. The zero-order valence-electron chi connectivity index (χ0n) is 12.6. The van der Waals surface area contributed by atoms with Gasteiger partial charge in [0, 0.05) is 18.7 Å². The second-order valence-electron chi connectivity index (χ2n) is 5.45. The van der Waals surface area contributed by atoms with Crippen LogP contribution in [-0.4, -0.2) is 18.4 Å². The van der Waals surface area contributed by atoms with Crippen LogP contribution < -0.4 is 15.8 Å². The van der Waals surface area contributed by atoms with Crippen molar-refractivity contribution in [1.82, 2.24) is 5.43 Å². The summed E-state index contributed by atoms with van der Waals surface area (Å²) < 4.78 is 13.1. The molecule has 124 valence electrons. The summed E-state index contributed by atoms with van der Waals surface area (Å²) in [5.74, 6) is -1.49. The van der Waals surface area contributed by atoms with Gasteiger partial charge in [-0.15, -0.1) is 0 Å². The van der Waals surface area contributed by atoms with Gasteiger partial charge in [0.15, 0.2) is 0 Å². The highest BCUT2D eigenvalue weighted by atomic mass is 35.5. The molecule has 1 aliphatic heterocycles. The van der Waals surface area contributed by atoms with Crippen molar-refractivity contribution in [2.75, 3.05) is 16.9 Å². The summed E-state index contributed by atoms with van der Waals surface area (Å²) in [5.41, 5.74) is 4.12. The number of hydrogen-bond acceptors (Lipinski definition) is 3. The first kappa shape index (κ1) is 16.4. The molecule has 1 heterocycles. The molecule has 0 radical (unpaired) electrons. The number of hydrogen-bond donors (Lipinski definition) is 2. The second kappa shape index (κ2) is 6.98. The predicted molar refractivity (Wildman–Crippen MR) is 90.1 cm³/mol. The molecule has 1 aliphatic rings. The molecule has 0 saturated carbocycles. The Morgan fingerprint density at radius 3 is 2.75 bits per heavy atom. The molecule has 0 aliphatic carbocycles. The Morgan fingerprint density at radius 1 is 1.29 bits per heavy atom. The lowest BCUT2D eigenvalue weighted by atomic mass is 10.1. The van der Waals surface area contributed by atoms with Crippen molar-refractivity contribution in [2.45, 2.75) is 6.42 Å². The lowest BCUT2D eigenvalue weighted by Crippen LogP contribution is -2.34. The van der Waals surface area contributed by atoms with Crippen molar-refractivity contribution in [1.29, 1.82) is 0 Å². The Balaban J connectivity index is 1.61. The molecule has 5 nitrogen and oxygen atoms in total. The highest BCUT2D eigenvalue weighted by molar-refractivity contribution is 6.31. The van der Waals surface area contributed by atoms with Gasteiger partial charge in [0.05, 0.1) is 16.6 Å². The Kier molecular flexibility index (Phi) is 4.78. The van der Waals surface area contributed by atoms with E-state index in [1.807, 2.05) is 30.3 Å². The largest absolute Gasteiger partial charge is 0.326 e. The number of para-hydroxylation sites is 1. The Bertz CT molecular complexity index is 770. The number of benzene rings is 2.